The number of nitrogens with zero attached hydrogens (tertiary/aromatic N) is 3. The summed E-state index contributed by atoms with van der Waals surface area (Å²) in [7, 11) is 0. The van der Waals surface area contributed by atoms with E-state index < -0.39 is 4.92 Å². The van der Waals surface area contributed by atoms with Gasteiger partial charge in [-0.25, -0.2) is 4.99 Å². The maximum atomic E-state index is 11.2. The maximum Gasteiger partial charge on any atom is 0.295 e. The number of rotatable bonds is 4. The summed E-state index contributed by atoms with van der Waals surface area (Å²) in [5.74, 6) is 0. The van der Waals surface area contributed by atoms with E-state index >= 15 is 0 Å². The first-order chi connectivity index (χ1) is 12.4. The van der Waals surface area contributed by atoms with Gasteiger partial charge >= 0.3 is 0 Å². The number of benzene rings is 2. The highest BCUT2D eigenvalue weighted by Gasteiger charge is 2.14. The molecule has 0 amide bonds. The first-order valence-electron chi connectivity index (χ1n) is 8.11. The van der Waals surface area contributed by atoms with Gasteiger partial charge in [-0.1, -0.05) is 22.0 Å². The quantitative estimate of drug-likeness (QED) is 0.308. The summed E-state index contributed by atoms with van der Waals surface area (Å²) in [6.45, 7) is 5.87. The molecule has 0 radical (unpaired) electrons. The molecule has 0 spiro atoms. The summed E-state index contributed by atoms with van der Waals surface area (Å²) >= 11 is 3.45. The molecule has 0 aliphatic heterocycles. The van der Waals surface area contributed by atoms with Crippen LogP contribution < -0.4 is 0 Å². The van der Waals surface area contributed by atoms with Crippen LogP contribution in [-0.2, 0) is 0 Å². The van der Waals surface area contributed by atoms with Crippen LogP contribution in [0.15, 0.2) is 58.0 Å². The zero-order valence-corrected chi connectivity index (χ0v) is 16.3. The van der Waals surface area contributed by atoms with Crippen LogP contribution in [0.2, 0.25) is 0 Å². The SMILES string of the molecule is Cc1ccc(N=Cc2cc(C)n(-c3ccc(Br)cc3)c2C)c([N+](=O)[O-])c1. The van der Waals surface area contributed by atoms with Crippen molar-refractivity contribution in [2.45, 2.75) is 20.8 Å². The zero-order chi connectivity index (χ0) is 18.8. The number of halogens is 1. The van der Waals surface area contributed by atoms with Gasteiger partial charge in [0.25, 0.3) is 5.69 Å². The molecule has 132 valence electrons. The van der Waals surface area contributed by atoms with Crippen LogP contribution in [0.25, 0.3) is 5.69 Å². The van der Waals surface area contributed by atoms with Crippen molar-refractivity contribution >= 4 is 33.5 Å². The highest BCUT2D eigenvalue weighted by atomic mass is 79.9. The van der Waals surface area contributed by atoms with Crippen molar-refractivity contribution in [2.75, 3.05) is 0 Å². The minimum absolute atomic E-state index is 0.0166. The summed E-state index contributed by atoms with van der Waals surface area (Å²) in [4.78, 5) is 15.2. The standard InChI is InChI=1S/C20H18BrN3O2/c1-13-4-9-19(20(10-13)24(25)26)22-12-16-11-14(2)23(15(16)3)18-7-5-17(21)6-8-18/h4-12H,1-3H3. The Kier molecular flexibility index (Phi) is 5.04. The average Bonchev–Trinajstić information content (AvgIpc) is 2.88. The molecule has 0 bridgehead atoms. The fourth-order valence-electron chi connectivity index (χ4n) is 2.93. The zero-order valence-electron chi connectivity index (χ0n) is 14.7. The highest BCUT2D eigenvalue weighted by molar-refractivity contribution is 9.10. The second-order valence-corrected chi connectivity index (χ2v) is 7.06. The Bertz CT molecular complexity index is 1000. The summed E-state index contributed by atoms with van der Waals surface area (Å²) < 4.78 is 3.16. The van der Waals surface area contributed by atoms with Crippen LogP contribution in [0.3, 0.4) is 0 Å². The Labute approximate surface area is 160 Å². The molecule has 5 nitrogen and oxygen atoms in total. The molecular weight excluding hydrogens is 394 g/mol. The molecule has 0 fully saturated rings. The van der Waals surface area contributed by atoms with Gasteiger partial charge in [-0.3, -0.25) is 10.1 Å². The molecule has 0 atom stereocenters. The predicted octanol–water partition coefficient (Wildman–Crippen LogP) is 5.82. The Balaban J connectivity index is 2.00. The second kappa shape index (κ2) is 7.25. The number of nitro groups is 1. The Morgan fingerprint density at radius 3 is 2.42 bits per heavy atom. The topological polar surface area (TPSA) is 60.4 Å². The molecule has 0 saturated heterocycles. The predicted molar refractivity (Wildman–Crippen MR) is 108 cm³/mol. The molecule has 0 saturated carbocycles. The monoisotopic (exact) mass is 411 g/mol. The van der Waals surface area contributed by atoms with Gasteiger partial charge in [-0.15, -0.1) is 0 Å². The Morgan fingerprint density at radius 1 is 1.08 bits per heavy atom. The van der Waals surface area contributed by atoms with E-state index in [1.807, 2.05) is 57.2 Å². The van der Waals surface area contributed by atoms with Gasteiger partial charge in [0.05, 0.1) is 4.92 Å². The Hall–Kier alpha value is -2.73. The van der Waals surface area contributed by atoms with E-state index in [1.54, 1.807) is 12.3 Å². The summed E-state index contributed by atoms with van der Waals surface area (Å²) in [6.07, 6.45) is 1.69. The van der Waals surface area contributed by atoms with Crippen LogP contribution >= 0.6 is 15.9 Å². The van der Waals surface area contributed by atoms with Crippen LogP contribution in [0, 0.1) is 30.9 Å². The van der Waals surface area contributed by atoms with Crippen molar-refractivity contribution in [1.82, 2.24) is 4.57 Å². The van der Waals surface area contributed by atoms with E-state index in [9.17, 15) is 10.1 Å². The molecule has 2 aromatic carbocycles. The molecule has 0 aliphatic rings. The number of aromatic nitrogens is 1. The summed E-state index contributed by atoms with van der Waals surface area (Å²) in [5.41, 5.74) is 5.30. The maximum absolute atomic E-state index is 11.2. The highest BCUT2D eigenvalue weighted by Crippen LogP contribution is 2.28. The van der Waals surface area contributed by atoms with E-state index in [1.165, 1.54) is 6.07 Å². The van der Waals surface area contributed by atoms with Crippen molar-refractivity contribution in [3.63, 3.8) is 0 Å². The number of hydrogen-bond acceptors (Lipinski definition) is 3. The van der Waals surface area contributed by atoms with Gasteiger partial charge in [0, 0.05) is 39.4 Å². The van der Waals surface area contributed by atoms with E-state index in [-0.39, 0.29) is 5.69 Å². The van der Waals surface area contributed by atoms with Crippen LogP contribution in [0.5, 0.6) is 0 Å². The third kappa shape index (κ3) is 3.60. The van der Waals surface area contributed by atoms with Gasteiger partial charge in [0.15, 0.2) is 0 Å². The van der Waals surface area contributed by atoms with Crippen LogP contribution in [-0.4, -0.2) is 15.7 Å². The van der Waals surface area contributed by atoms with Crippen molar-refractivity contribution in [3.8, 4) is 5.69 Å². The fourth-order valence-corrected chi connectivity index (χ4v) is 3.20. The second-order valence-electron chi connectivity index (χ2n) is 6.15. The molecule has 6 heteroatoms. The summed E-state index contributed by atoms with van der Waals surface area (Å²) in [6, 6.07) is 15.1. The number of nitro benzene ring substituents is 1. The fraction of sp³-hybridized carbons (Fsp3) is 0.150. The van der Waals surface area contributed by atoms with Crippen molar-refractivity contribution in [2.24, 2.45) is 4.99 Å². The van der Waals surface area contributed by atoms with Crippen LogP contribution in [0.4, 0.5) is 11.4 Å². The normalized spacial score (nSPS) is 11.2. The molecule has 1 aromatic heterocycles. The lowest BCUT2D eigenvalue weighted by atomic mass is 10.2. The largest absolute Gasteiger partial charge is 0.318 e. The molecule has 1 heterocycles. The average molecular weight is 412 g/mol. The molecule has 3 rings (SSSR count). The van der Waals surface area contributed by atoms with E-state index in [0.29, 0.717) is 5.69 Å². The van der Waals surface area contributed by atoms with E-state index in [2.05, 4.69) is 25.5 Å². The van der Waals surface area contributed by atoms with Crippen molar-refractivity contribution in [1.29, 1.82) is 0 Å². The van der Waals surface area contributed by atoms with Crippen molar-refractivity contribution < 1.29 is 4.92 Å². The van der Waals surface area contributed by atoms with E-state index in [0.717, 1.165) is 32.7 Å². The summed E-state index contributed by atoms with van der Waals surface area (Å²) in [5, 5.41) is 11.2. The lowest BCUT2D eigenvalue weighted by Crippen LogP contribution is -1.99. The van der Waals surface area contributed by atoms with Crippen LogP contribution in [0.1, 0.15) is 22.5 Å². The Morgan fingerprint density at radius 2 is 1.77 bits per heavy atom. The smallest absolute Gasteiger partial charge is 0.295 e. The van der Waals surface area contributed by atoms with Gasteiger partial charge in [0.2, 0.25) is 0 Å². The molecule has 0 unspecified atom stereocenters. The first kappa shape index (κ1) is 18.1. The molecule has 26 heavy (non-hydrogen) atoms. The van der Waals surface area contributed by atoms with Gasteiger partial charge in [0.1, 0.15) is 5.69 Å². The molecule has 0 aliphatic carbocycles. The van der Waals surface area contributed by atoms with Gasteiger partial charge < -0.3 is 4.57 Å². The number of hydrogen-bond donors (Lipinski definition) is 0. The number of aliphatic imine (C=N–C) groups is 1. The number of aryl methyl sites for hydroxylation is 2. The first-order valence-corrected chi connectivity index (χ1v) is 8.90. The molecular formula is C20H18BrN3O2. The molecule has 0 N–H and O–H groups in total. The lowest BCUT2D eigenvalue weighted by Gasteiger charge is -2.09. The third-order valence-corrected chi connectivity index (χ3v) is 4.75. The third-order valence-electron chi connectivity index (χ3n) is 4.23. The van der Waals surface area contributed by atoms with Gasteiger partial charge in [-0.2, -0.15) is 0 Å². The molecule has 3 aromatic rings. The minimum atomic E-state index is -0.398. The lowest BCUT2D eigenvalue weighted by molar-refractivity contribution is -0.384. The minimum Gasteiger partial charge on any atom is -0.318 e. The van der Waals surface area contributed by atoms with E-state index in [4.69, 9.17) is 0 Å². The van der Waals surface area contributed by atoms with Gasteiger partial charge in [-0.05, 0) is 62.7 Å². The van der Waals surface area contributed by atoms with Crippen molar-refractivity contribution in [3.05, 3.63) is 85.6 Å².